The van der Waals surface area contributed by atoms with Gasteiger partial charge in [0.15, 0.2) is 11.0 Å². The van der Waals surface area contributed by atoms with Crippen molar-refractivity contribution in [1.29, 1.82) is 0 Å². The quantitative estimate of drug-likeness (QED) is 0.615. The van der Waals surface area contributed by atoms with E-state index in [0.717, 1.165) is 47.8 Å². The second-order valence-electron chi connectivity index (χ2n) is 7.38. The first-order chi connectivity index (χ1) is 14.6. The number of nitrogens with one attached hydrogen (secondary N) is 1. The molecule has 3 heterocycles. The van der Waals surface area contributed by atoms with Gasteiger partial charge in [0.05, 0.1) is 23.3 Å². The van der Waals surface area contributed by atoms with Crippen LogP contribution in [-0.2, 0) is 21.3 Å². The number of hydrogen-bond acceptors (Lipinski definition) is 6. The lowest BCUT2D eigenvalue weighted by Crippen LogP contribution is -2.32. The molecule has 0 bridgehead atoms. The third-order valence-corrected chi connectivity index (χ3v) is 6.07. The maximum absolute atomic E-state index is 12.7. The summed E-state index contributed by atoms with van der Waals surface area (Å²) in [6, 6.07) is 9.91. The monoisotopic (exact) mass is 426 g/mol. The lowest BCUT2D eigenvalue weighted by Gasteiger charge is -2.23. The number of thiazole rings is 1. The first-order valence-electron chi connectivity index (χ1n) is 10.2. The molecule has 0 radical (unpaired) electrons. The van der Waals surface area contributed by atoms with Gasteiger partial charge in [-0.15, -0.1) is 0 Å². The van der Waals surface area contributed by atoms with Crippen LogP contribution in [0.1, 0.15) is 26.2 Å². The van der Waals surface area contributed by atoms with Crippen molar-refractivity contribution in [2.45, 2.75) is 38.4 Å². The molecule has 4 rings (SSSR count). The molecule has 1 aromatic carbocycles. The number of hydrogen-bond donors (Lipinski definition) is 1. The van der Waals surface area contributed by atoms with Crippen LogP contribution in [0.5, 0.6) is 0 Å². The maximum Gasteiger partial charge on any atom is 0.254 e. The zero-order chi connectivity index (χ0) is 20.9. The number of carbonyl (C=O) groups is 1. The molecule has 1 aliphatic rings. The van der Waals surface area contributed by atoms with Gasteiger partial charge in [-0.2, -0.15) is 0 Å². The lowest BCUT2D eigenvalue weighted by molar-refractivity contribution is -0.130. The van der Waals surface area contributed by atoms with Crippen molar-refractivity contribution in [2.75, 3.05) is 18.5 Å². The van der Waals surface area contributed by atoms with Crippen molar-refractivity contribution >= 4 is 22.4 Å². The van der Waals surface area contributed by atoms with Crippen LogP contribution in [0.25, 0.3) is 22.0 Å². The summed E-state index contributed by atoms with van der Waals surface area (Å²) in [6.07, 6.45) is 6.36. The van der Waals surface area contributed by atoms with Crippen molar-refractivity contribution < 1.29 is 14.3 Å². The molecule has 7 nitrogen and oxygen atoms in total. The molecule has 1 N–H and O–H groups in total. The van der Waals surface area contributed by atoms with E-state index >= 15 is 0 Å². The van der Waals surface area contributed by atoms with Gasteiger partial charge < -0.3 is 14.0 Å². The zero-order valence-electron chi connectivity index (χ0n) is 17.2. The molecule has 0 saturated carbocycles. The molecule has 2 atom stereocenters. The Bertz CT molecular complexity index is 979. The summed E-state index contributed by atoms with van der Waals surface area (Å²) >= 11 is 1.41. The highest BCUT2D eigenvalue weighted by Crippen LogP contribution is 2.38. The fourth-order valence-corrected chi connectivity index (χ4v) is 4.40. The maximum atomic E-state index is 12.7. The van der Waals surface area contributed by atoms with E-state index in [1.165, 1.54) is 11.3 Å². The number of aromatic nitrogens is 3. The molecule has 2 unspecified atom stereocenters. The van der Waals surface area contributed by atoms with E-state index in [1.54, 1.807) is 13.1 Å². The van der Waals surface area contributed by atoms with E-state index in [9.17, 15) is 4.79 Å². The topological polar surface area (TPSA) is 78.3 Å². The molecule has 30 heavy (non-hydrogen) atoms. The number of amides is 1. The van der Waals surface area contributed by atoms with Crippen LogP contribution in [0.4, 0.5) is 5.13 Å². The van der Waals surface area contributed by atoms with Gasteiger partial charge in [0.2, 0.25) is 0 Å². The van der Waals surface area contributed by atoms with Crippen molar-refractivity contribution in [3.63, 3.8) is 0 Å². The summed E-state index contributed by atoms with van der Waals surface area (Å²) in [5, 5.41) is 3.44. The Labute approximate surface area is 180 Å². The molecule has 1 amide bonds. The standard InChI is InChI=1S/C22H26N4O3S/c1-15(29-14-17-10-6-7-13-28-17)21(27)25-22-24-18(16-8-4-3-5-9-16)19(30-22)20-23-11-12-26(20)2/h3-5,8-9,11-12,15,17H,6-7,10,13-14H2,1-2H3,(H,24,25,27). The van der Waals surface area contributed by atoms with Crippen molar-refractivity contribution in [1.82, 2.24) is 14.5 Å². The van der Waals surface area contributed by atoms with Crippen molar-refractivity contribution in [3.8, 4) is 22.0 Å². The van der Waals surface area contributed by atoms with Crippen LogP contribution in [0.2, 0.25) is 0 Å². The summed E-state index contributed by atoms with van der Waals surface area (Å²) in [6.45, 7) is 2.95. The molecule has 3 aromatic rings. The minimum Gasteiger partial charge on any atom is -0.376 e. The van der Waals surface area contributed by atoms with Gasteiger partial charge >= 0.3 is 0 Å². The number of nitrogens with zero attached hydrogens (tertiary/aromatic N) is 3. The molecular weight excluding hydrogens is 400 g/mol. The van der Waals surface area contributed by atoms with E-state index in [2.05, 4.69) is 10.3 Å². The molecule has 1 fully saturated rings. The van der Waals surface area contributed by atoms with Gasteiger partial charge in [-0.25, -0.2) is 9.97 Å². The molecule has 158 valence electrons. The number of imidazole rings is 1. The number of benzene rings is 1. The third-order valence-electron chi connectivity index (χ3n) is 5.10. The number of rotatable bonds is 7. The summed E-state index contributed by atoms with van der Waals surface area (Å²) < 4.78 is 13.4. The Balaban J connectivity index is 1.49. The number of anilines is 1. The van der Waals surface area contributed by atoms with E-state index < -0.39 is 6.10 Å². The van der Waals surface area contributed by atoms with Crippen LogP contribution in [0, 0.1) is 0 Å². The highest BCUT2D eigenvalue weighted by atomic mass is 32.1. The fourth-order valence-electron chi connectivity index (χ4n) is 3.37. The molecule has 8 heteroatoms. The molecule has 1 saturated heterocycles. The smallest absolute Gasteiger partial charge is 0.254 e. The minimum absolute atomic E-state index is 0.0774. The van der Waals surface area contributed by atoms with E-state index in [0.29, 0.717) is 11.7 Å². The third kappa shape index (κ3) is 4.77. The zero-order valence-corrected chi connectivity index (χ0v) is 18.0. The Kier molecular flexibility index (Phi) is 6.56. The Morgan fingerprint density at radius 1 is 1.37 bits per heavy atom. The summed E-state index contributed by atoms with van der Waals surface area (Å²) in [7, 11) is 1.94. The number of carbonyl (C=O) groups excluding carboxylic acids is 1. The second kappa shape index (κ2) is 9.51. The fraction of sp³-hybridized carbons (Fsp3) is 0.409. The summed E-state index contributed by atoms with van der Waals surface area (Å²) in [5.41, 5.74) is 1.78. The van der Waals surface area contributed by atoms with Gasteiger partial charge in [0, 0.05) is 31.6 Å². The van der Waals surface area contributed by atoms with Gasteiger partial charge in [-0.05, 0) is 26.2 Å². The van der Waals surface area contributed by atoms with Gasteiger partial charge in [-0.1, -0.05) is 41.7 Å². The Morgan fingerprint density at radius 2 is 2.20 bits per heavy atom. The van der Waals surface area contributed by atoms with Crippen LogP contribution in [0.3, 0.4) is 0 Å². The second-order valence-corrected chi connectivity index (χ2v) is 8.38. The summed E-state index contributed by atoms with van der Waals surface area (Å²) in [5.74, 6) is 0.594. The van der Waals surface area contributed by atoms with Crippen LogP contribution < -0.4 is 5.32 Å². The lowest BCUT2D eigenvalue weighted by atomic mass is 10.1. The predicted molar refractivity (Wildman–Crippen MR) is 117 cm³/mol. The molecule has 0 spiro atoms. The van der Waals surface area contributed by atoms with Crippen LogP contribution in [0.15, 0.2) is 42.7 Å². The first kappa shape index (κ1) is 20.7. The normalized spacial score (nSPS) is 17.6. The van der Waals surface area contributed by atoms with Gasteiger partial charge in [0.25, 0.3) is 5.91 Å². The first-order valence-corrected chi connectivity index (χ1v) is 11.0. The largest absolute Gasteiger partial charge is 0.376 e. The Morgan fingerprint density at radius 3 is 2.90 bits per heavy atom. The van der Waals surface area contributed by atoms with Gasteiger partial charge in [0.1, 0.15) is 6.10 Å². The number of ether oxygens (including phenoxy) is 2. The van der Waals surface area contributed by atoms with E-state index in [-0.39, 0.29) is 12.0 Å². The highest BCUT2D eigenvalue weighted by molar-refractivity contribution is 7.19. The molecule has 1 aliphatic heterocycles. The van der Waals surface area contributed by atoms with Crippen molar-refractivity contribution in [3.05, 3.63) is 42.7 Å². The van der Waals surface area contributed by atoms with E-state index in [1.807, 2.05) is 48.1 Å². The van der Waals surface area contributed by atoms with Crippen LogP contribution >= 0.6 is 11.3 Å². The summed E-state index contributed by atoms with van der Waals surface area (Å²) in [4.78, 5) is 22.7. The Hall–Kier alpha value is -2.55. The number of aryl methyl sites for hydroxylation is 1. The molecule has 0 aliphatic carbocycles. The van der Waals surface area contributed by atoms with E-state index in [4.69, 9.17) is 14.5 Å². The molecule has 2 aromatic heterocycles. The van der Waals surface area contributed by atoms with Gasteiger partial charge in [-0.3, -0.25) is 10.1 Å². The highest BCUT2D eigenvalue weighted by Gasteiger charge is 2.22. The predicted octanol–water partition coefficient (Wildman–Crippen LogP) is 4.12. The average molecular weight is 427 g/mol. The average Bonchev–Trinajstić information content (AvgIpc) is 3.39. The van der Waals surface area contributed by atoms with Crippen LogP contribution in [-0.4, -0.2) is 45.9 Å². The van der Waals surface area contributed by atoms with Crippen molar-refractivity contribution in [2.24, 2.45) is 7.05 Å². The minimum atomic E-state index is -0.587. The molecular formula is C22H26N4O3S. The SMILES string of the molecule is CC(OCC1CCCCO1)C(=O)Nc1nc(-c2ccccc2)c(-c2nccn2C)s1.